The zero-order chi connectivity index (χ0) is 14.5. The minimum absolute atomic E-state index is 0.144. The van der Waals surface area contributed by atoms with Crippen LogP contribution in [0.15, 0.2) is 12.1 Å². The Morgan fingerprint density at radius 2 is 2.20 bits per heavy atom. The molecule has 2 heterocycles. The number of rotatable bonds is 3. The van der Waals surface area contributed by atoms with E-state index in [1.54, 1.807) is 0 Å². The van der Waals surface area contributed by atoms with Gasteiger partial charge in [-0.3, -0.25) is 4.79 Å². The first-order valence-corrected chi connectivity index (χ1v) is 7.06. The first-order valence-electron chi connectivity index (χ1n) is 7.06. The van der Waals surface area contributed by atoms with E-state index in [4.69, 9.17) is 5.26 Å². The third-order valence-corrected chi connectivity index (χ3v) is 3.54. The summed E-state index contributed by atoms with van der Waals surface area (Å²) < 4.78 is 0. The lowest BCUT2D eigenvalue weighted by molar-refractivity contribution is -0.129. The summed E-state index contributed by atoms with van der Waals surface area (Å²) >= 11 is 0. The number of hydrogen-bond donors (Lipinski definition) is 0. The van der Waals surface area contributed by atoms with E-state index < -0.39 is 0 Å². The second kappa shape index (κ2) is 6.38. The molecule has 20 heavy (non-hydrogen) atoms. The van der Waals surface area contributed by atoms with Gasteiger partial charge in [0.25, 0.3) is 0 Å². The molecule has 0 radical (unpaired) electrons. The number of aromatic nitrogens is 1. The summed E-state index contributed by atoms with van der Waals surface area (Å²) in [6.45, 7) is 6.72. The van der Waals surface area contributed by atoms with E-state index in [1.165, 1.54) is 0 Å². The van der Waals surface area contributed by atoms with Crippen molar-refractivity contribution in [2.45, 2.75) is 26.7 Å². The van der Waals surface area contributed by atoms with Crippen molar-refractivity contribution in [1.82, 2.24) is 9.88 Å². The molecule has 2 rings (SSSR count). The van der Waals surface area contributed by atoms with Crippen LogP contribution in [-0.2, 0) is 4.79 Å². The summed E-state index contributed by atoms with van der Waals surface area (Å²) in [5.74, 6) is 0.865. The van der Waals surface area contributed by atoms with Gasteiger partial charge in [-0.25, -0.2) is 4.98 Å². The predicted molar refractivity (Wildman–Crippen MR) is 77.4 cm³/mol. The number of nitriles is 1. The van der Waals surface area contributed by atoms with Gasteiger partial charge in [-0.1, -0.05) is 13.0 Å². The maximum absolute atomic E-state index is 12.2. The van der Waals surface area contributed by atoms with E-state index in [0.29, 0.717) is 12.2 Å². The van der Waals surface area contributed by atoms with Crippen molar-refractivity contribution in [3.8, 4) is 6.07 Å². The number of carbonyl (C=O) groups is 1. The third-order valence-electron chi connectivity index (χ3n) is 3.54. The standard InChI is InChI=1S/C15H20N4O/c1-3-7-18-8-4-9-19(11-15(18)20)14-6-5-12(2)13(10-16)17-14/h5-6H,3-4,7-9,11H2,1-2H3. The molecule has 1 aromatic rings. The van der Waals surface area contributed by atoms with Crippen molar-refractivity contribution >= 4 is 11.7 Å². The van der Waals surface area contributed by atoms with Crippen LogP contribution in [0.5, 0.6) is 0 Å². The van der Waals surface area contributed by atoms with Crippen LogP contribution < -0.4 is 4.90 Å². The molecule has 0 aliphatic carbocycles. The Labute approximate surface area is 119 Å². The monoisotopic (exact) mass is 272 g/mol. The summed E-state index contributed by atoms with van der Waals surface area (Å²) in [6, 6.07) is 5.87. The topological polar surface area (TPSA) is 60.2 Å². The maximum atomic E-state index is 12.2. The van der Waals surface area contributed by atoms with Crippen LogP contribution in [0.3, 0.4) is 0 Å². The van der Waals surface area contributed by atoms with E-state index >= 15 is 0 Å². The Kier molecular flexibility index (Phi) is 4.57. The molecule has 1 fully saturated rings. The van der Waals surface area contributed by atoms with E-state index in [-0.39, 0.29) is 5.91 Å². The second-order valence-corrected chi connectivity index (χ2v) is 5.10. The lowest BCUT2D eigenvalue weighted by atomic mass is 10.2. The van der Waals surface area contributed by atoms with Gasteiger partial charge < -0.3 is 9.80 Å². The number of hydrogen-bond acceptors (Lipinski definition) is 4. The van der Waals surface area contributed by atoms with Gasteiger partial charge in [-0.2, -0.15) is 5.26 Å². The van der Waals surface area contributed by atoms with Crippen LogP contribution >= 0.6 is 0 Å². The van der Waals surface area contributed by atoms with Crippen molar-refractivity contribution < 1.29 is 4.79 Å². The summed E-state index contributed by atoms with van der Waals surface area (Å²) in [7, 11) is 0. The van der Waals surface area contributed by atoms with Crippen molar-refractivity contribution in [3.05, 3.63) is 23.4 Å². The average molecular weight is 272 g/mol. The fourth-order valence-corrected chi connectivity index (χ4v) is 2.43. The zero-order valence-electron chi connectivity index (χ0n) is 12.1. The maximum Gasteiger partial charge on any atom is 0.242 e. The van der Waals surface area contributed by atoms with Crippen LogP contribution in [0.25, 0.3) is 0 Å². The highest BCUT2D eigenvalue weighted by molar-refractivity contribution is 5.81. The van der Waals surface area contributed by atoms with Crippen molar-refractivity contribution in [2.24, 2.45) is 0 Å². The molecular weight excluding hydrogens is 252 g/mol. The Morgan fingerprint density at radius 3 is 2.90 bits per heavy atom. The average Bonchev–Trinajstić information content (AvgIpc) is 2.62. The number of carbonyl (C=O) groups excluding carboxylic acids is 1. The van der Waals surface area contributed by atoms with Gasteiger partial charge >= 0.3 is 0 Å². The van der Waals surface area contributed by atoms with Gasteiger partial charge in [0.15, 0.2) is 0 Å². The molecule has 1 amide bonds. The Hall–Kier alpha value is -2.09. The fraction of sp³-hybridized carbons (Fsp3) is 0.533. The molecule has 0 saturated carbocycles. The minimum Gasteiger partial charge on any atom is -0.347 e. The summed E-state index contributed by atoms with van der Waals surface area (Å²) in [6.07, 6.45) is 1.91. The van der Waals surface area contributed by atoms with Gasteiger partial charge in [0.2, 0.25) is 5.91 Å². The molecule has 0 aromatic carbocycles. The van der Waals surface area contributed by atoms with E-state index in [2.05, 4.69) is 18.0 Å². The molecule has 0 atom stereocenters. The minimum atomic E-state index is 0.144. The Balaban J connectivity index is 2.17. The lowest BCUT2D eigenvalue weighted by Crippen LogP contribution is -2.37. The number of nitrogens with zero attached hydrogens (tertiary/aromatic N) is 4. The van der Waals surface area contributed by atoms with Crippen LogP contribution in [0, 0.1) is 18.3 Å². The van der Waals surface area contributed by atoms with Crippen molar-refractivity contribution in [2.75, 3.05) is 31.1 Å². The normalized spacial score (nSPS) is 15.9. The highest BCUT2D eigenvalue weighted by Gasteiger charge is 2.22. The molecule has 1 saturated heterocycles. The van der Waals surface area contributed by atoms with E-state index in [9.17, 15) is 4.79 Å². The Morgan fingerprint density at radius 1 is 1.40 bits per heavy atom. The zero-order valence-corrected chi connectivity index (χ0v) is 12.1. The van der Waals surface area contributed by atoms with Crippen molar-refractivity contribution in [3.63, 3.8) is 0 Å². The lowest BCUT2D eigenvalue weighted by Gasteiger charge is -2.22. The second-order valence-electron chi connectivity index (χ2n) is 5.10. The van der Waals surface area contributed by atoms with E-state index in [0.717, 1.165) is 43.9 Å². The SMILES string of the molecule is CCCN1CCCN(c2ccc(C)c(C#N)n2)CC1=O. The predicted octanol–water partition coefficient (Wildman–Crippen LogP) is 1.71. The molecule has 0 unspecified atom stereocenters. The molecule has 1 aliphatic rings. The molecule has 0 bridgehead atoms. The summed E-state index contributed by atoms with van der Waals surface area (Å²) in [5, 5.41) is 9.05. The smallest absolute Gasteiger partial charge is 0.242 e. The molecule has 5 heteroatoms. The molecule has 1 aromatic heterocycles. The van der Waals surface area contributed by atoms with Gasteiger partial charge in [0.1, 0.15) is 17.6 Å². The Bertz CT molecular complexity index is 535. The molecule has 0 N–H and O–H groups in total. The first kappa shape index (κ1) is 14.3. The van der Waals surface area contributed by atoms with Crippen LogP contribution in [0.4, 0.5) is 5.82 Å². The van der Waals surface area contributed by atoms with E-state index in [1.807, 2.05) is 28.9 Å². The molecular formula is C15H20N4O. The summed E-state index contributed by atoms with van der Waals surface area (Å²) in [4.78, 5) is 20.4. The van der Waals surface area contributed by atoms with Crippen LogP contribution in [0.1, 0.15) is 31.0 Å². The van der Waals surface area contributed by atoms with Crippen LogP contribution in [0.2, 0.25) is 0 Å². The molecule has 1 aliphatic heterocycles. The third kappa shape index (κ3) is 3.08. The quantitative estimate of drug-likeness (QED) is 0.840. The number of amides is 1. The van der Waals surface area contributed by atoms with Gasteiger partial charge in [0.05, 0.1) is 6.54 Å². The highest BCUT2D eigenvalue weighted by Crippen LogP contribution is 2.17. The number of aryl methyl sites for hydroxylation is 1. The first-order chi connectivity index (χ1) is 9.65. The van der Waals surface area contributed by atoms with Gasteiger partial charge in [0, 0.05) is 19.6 Å². The van der Waals surface area contributed by atoms with Crippen molar-refractivity contribution in [1.29, 1.82) is 5.26 Å². The fourth-order valence-electron chi connectivity index (χ4n) is 2.43. The van der Waals surface area contributed by atoms with Crippen LogP contribution in [-0.4, -0.2) is 42.0 Å². The van der Waals surface area contributed by atoms with Gasteiger partial charge in [-0.05, 0) is 31.4 Å². The van der Waals surface area contributed by atoms with Gasteiger partial charge in [-0.15, -0.1) is 0 Å². The molecule has 0 spiro atoms. The summed E-state index contributed by atoms with van der Waals surface area (Å²) in [5.41, 5.74) is 1.30. The number of anilines is 1. The highest BCUT2D eigenvalue weighted by atomic mass is 16.2. The molecule has 5 nitrogen and oxygen atoms in total. The largest absolute Gasteiger partial charge is 0.347 e. The molecule has 106 valence electrons. The number of pyridine rings is 1.